The van der Waals surface area contributed by atoms with Crippen molar-refractivity contribution >= 4 is 5.97 Å². The molecule has 0 saturated carbocycles. The fraction of sp³-hybridized carbons (Fsp3) is 0.533. The van der Waals surface area contributed by atoms with Gasteiger partial charge in [0.2, 0.25) is 0 Å². The highest BCUT2D eigenvalue weighted by Crippen LogP contribution is 2.36. The summed E-state index contributed by atoms with van der Waals surface area (Å²) in [6.45, 7) is 5.02. The van der Waals surface area contributed by atoms with Gasteiger partial charge in [-0.2, -0.15) is 0 Å². The zero-order chi connectivity index (χ0) is 13.1. The Kier molecular flexibility index (Phi) is 4.02. The fourth-order valence-corrected chi connectivity index (χ4v) is 3.09. The molecule has 0 aromatic heterocycles. The van der Waals surface area contributed by atoms with E-state index in [0.717, 1.165) is 19.4 Å². The first kappa shape index (κ1) is 13.1. The summed E-state index contributed by atoms with van der Waals surface area (Å²) in [7, 11) is 0. The highest BCUT2D eigenvalue weighted by Gasteiger charge is 2.30. The summed E-state index contributed by atoms with van der Waals surface area (Å²) in [5.74, 6) is -0.716. The molecule has 0 radical (unpaired) electrons. The van der Waals surface area contributed by atoms with Crippen molar-refractivity contribution in [3.05, 3.63) is 35.4 Å². The maximum Gasteiger partial charge on any atom is 0.304 e. The van der Waals surface area contributed by atoms with Crippen LogP contribution in [0.2, 0.25) is 0 Å². The lowest BCUT2D eigenvalue weighted by molar-refractivity contribution is -0.138. The smallest absolute Gasteiger partial charge is 0.304 e. The lowest BCUT2D eigenvalue weighted by Gasteiger charge is -2.33. The third-order valence-electron chi connectivity index (χ3n) is 3.90. The quantitative estimate of drug-likeness (QED) is 0.869. The van der Waals surface area contributed by atoms with Gasteiger partial charge in [-0.25, -0.2) is 0 Å². The molecule has 1 N–H and O–H groups in total. The number of aryl methyl sites for hydroxylation is 1. The van der Waals surface area contributed by atoms with Crippen LogP contribution in [0.25, 0.3) is 0 Å². The van der Waals surface area contributed by atoms with Gasteiger partial charge < -0.3 is 5.11 Å². The van der Waals surface area contributed by atoms with Gasteiger partial charge >= 0.3 is 5.97 Å². The predicted octanol–water partition coefficient (Wildman–Crippen LogP) is 2.86. The normalized spacial score (nSPS) is 19.8. The second-order valence-electron chi connectivity index (χ2n) is 5.03. The maximum atomic E-state index is 10.9. The first-order chi connectivity index (χ1) is 8.63. The minimum absolute atomic E-state index is 0.0867. The van der Waals surface area contributed by atoms with Crippen LogP contribution in [-0.4, -0.2) is 28.6 Å². The molecule has 0 amide bonds. The van der Waals surface area contributed by atoms with E-state index in [-0.39, 0.29) is 12.5 Å². The van der Waals surface area contributed by atoms with E-state index >= 15 is 0 Å². The molecule has 2 atom stereocenters. The lowest BCUT2D eigenvalue weighted by atomic mass is 10.0. The Morgan fingerprint density at radius 1 is 1.50 bits per heavy atom. The van der Waals surface area contributed by atoms with Crippen molar-refractivity contribution in [2.75, 3.05) is 6.54 Å². The van der Waals surface area contributed by atoms with Gasteiger partial charge in [-0.1, -0.05) is 31.2 Å². The second-order valence-corrected chi connectivity index (χ2v) is 5.03. The van der Waals surface area contributed by atoms with Crippen LogP contribution in [0.15, 0.2) is 24.3 Å². The Labute approximate surface area is 108 Å². The van der Waals surface area contributed by atoms with Crippen LogP contribution in [0.3, 0.4) is 0 Å². The van der Waals surface area contributed by atoms with Crippen LogP contribution in [0, 0.1) is 0 Å². The first-order valence-electron chi connectivity index (χ1n) is 6.68. The van der Waals surface area contributed by atoms with Gasteiger partial charge in [0.1, 0.15) is 0 Å². The van der Waals surface area contributed by atoms with E-state index in [4.69, 9.17) is 5.11 Å². The van der Waals surface area contributed by atoms with E-state index in [1.54, 1.807) is 0 Å². The van der Waals surface area contributed by atoms with Gasteiger partial charge in [-0.05, 0) is 37.4 Å². The van der Waals surface area contributed by atoms with Gasteiger partial charge in [-0.15, -0.1) is 0 Å². The summed E-state index contributed by atoms with van der Waals surface area (Å²) < 4.78 is 0. The Morgan fingerprint density at radius 3 is 2.89 bits per heavy atom. The van der Waals surface area contributed by atoms with E-state index < -0.39 is 5.97 Å². The Bertz CT molecular complexity index is 430. The molecule has 0 aliphatic heterocycles. The number of nitrogens with zero attached hydrogens (tertiary/aromatic N) is 1. The average Bonchev–Trinajstić information content (AvgIpc) is 2.73. The van der Waals surface area contributed by atoms with Crippen molar-refractivity contribution < 1.29 is 9.90 Å². The van der Waals surface area contributed by atoms with Gasteiger partial charge in [0.25, 0.3) is 0 Å². The van der Waals surface area contributed by atoms with Gasteiger partial charge in [-0.3, -0.25) is 9.69 Å². The minimum Gasteiger partial charge on any atom is -0.481 e. The number of hydrogen-bond donors (Lipinski definition) is 1. The fourth-order valence-electron chi connectivity index (χ4n) is 3.09. The van der Waals surface area contributed by atoms with E-state index in [0.29, 0.717) is 6.04 Å². The molecule has 2 unspecified atom stereocenters. The molecule has 18 heavy (non-hydrogen) atoms. The molecule has 1 aliphatic carbocycles. The third-order valence-corrected chi connectivity index (χ3v) is 3.90. The molecule has 0 saturated heterocycles. The highest BCUT2D eigenvalue weighted by atomic mass is 16.4. The van der Waals surface area contributed by atoms with E-state index in [1.165, 1.54) is 11.1 Å². The van der Waals surface area contributed by atoms with E-state index in [2.05, 4.69) is 36.1 Å². The monoisotopic (exact) mass is 247 g/mol. The number of fused-ring (bicyclic) bond motifs is 1. The van der Waals surface area contributed by atoms with Gasteiger partial charge in [0.05, 0.1) is 6.42 Å². The minimum atomic E-state index is -0.716. The first-order valence-corrected chi connectivity index (χ1v) is 6.68. The summed E-state index contributed by atoms with van der Waals surface area (Å²) in [5.41, 5.74) is 2.81. The van der Waals surface area contributed by atoms with Crippen LogP contribution in [0.5, 0.6) is 0 Å². The Hall–Kier alpha value is -1.35. The molecule has 0 heterocycles. The van der Waals surface area contributed by atoms with Crippen molar-refractivity contribution in [2.24, 2.45) is 0 Å². The lowest BCUT2D eigenvalue weighted by Crippen LogP contribution is -2.37. The van der Waals surface area contributed by atoms with Crippen molar-refractivity contribution in [1.29, 1.82) is 0 Å². The Morgan fingerprint density at radius 2 is 2.22 bits per heavy atom. The number of hydrogen-bond acceptors (Lipinski definition) is 2. The standard InChI is InChI=1S/C15H21NO2/c1-3-16(11(2)10-15(17)18)14-9-8-12-6-4-5-7-13(12)14/h4-7,11,14H,3,8-10H2,1-2H3,(H,17,18). The van der Waals surface area contributed by atoms with Crippen LogP contribution in [-0.2, 0) is 11.2 Å². The van der Waals surface area contributed by atoms with Gasteiger partial charge in [0, 0.05) is 12.1 Å². The summed E-state index contributed by atoms with van der Waals surface area (Å²) >= 11 is 0. The predicted molar refractivity (Wildman–Crippen MR) is 71.6 cm³/mol. The largest absolute Gasteiger partial charge is 0.481 e. The van der Waals surface area contributed by atoms with Crippen molar-refractivity contribution in [3.8, 4) is 0 Å². The number of carboxylic acid groups (broad SMARTS) is 1. The molecule has 1 aromatic carbocycles. The molecule has 1 aromatic rings. The van der Waals surface area contributed by atoms with Crippen molar-refractivity contribution in [1.82, 2.24) is 4.90 Å². The zero-order valence-electron chi connectivity index (χ0n) is 11.1. The second kappa shape index (κ2) is 5.53. The summed E-state index contributed by atoms with van der Waals surface area (Å²) in [6.07, 6.45) is 2.43. The molecule has 2 rings (SSSR count). The summed E-state index contributed by atoms with van der Waals surface area (Å²) in [4.78, 5) is 13.2. The number of carbonyl (C=O) groups is 1. The molecule has 0 bridgehead atoms. The number of rotatable bonds is 5. The Balaban J connectivity index is 2.17. The maximum absolute atomic E-state index is 10.9. The van der Waals surface area contributed by atoms with Crippen molar-refractivity contribution in [2.45, 2.75) is 45.2 Å². The average molecular weight is 247 g/mol. The topological polar surface area (TPSA) is 40.5 Å². The van der Waals surface area contributed by atoms with Gasteiger partial charge in [0.15, 0.2) is 0 Å². The molecule has 1 aliphatic rings. The molecular formula is C15H21NO2. The molecule has 98 valence electrons. The molecule has 3 nitrogen and oxygen atoms in total. The number of carboxylic acids is 1. The molecular weight excluding hydrogens is 226 g/mol. The highest BCUT2D eigenvalue weighted by molar-refractivity contribution is 5.67. The van der Waals surface area contributed by atoms with E-state index in [9.17, 15) is 4.79 Å². The molecule has 3 heteroatoms. The van der Waals surface area contributed by atoms with E-state index in [1.807, 2.05) is 6.92 Å². The summed E-state index contributed by atoms with van der Waals surface area (Å²) in [6, 6.07) is 9.00. The third kappa shape index (κ3) is 2.56. The van der Waals surface area contributed by atoms with Crippen LogP contribution in [0.4, 0.5) is 0 Å². The van der Waals surface area contributed by atoms with Crippen molar-refractivity contribution in [3.63, 3.8) is 0 Å². The molecule has 0 spiro atoms. The number of aliphatic carboxylic acids is 1. The number of benzene rings is 1. The summed E-state index contributed by atoms with van der Waals surface area (Å²) in [5, 5.41) is 8.94. The molecule has 0 fully saturated rings. The van der Waals surface area contributed by atoms with Crippen LogP contribution >= 0.6 is 0 Å². The SMILES string of the molecule is CCN(C(C)CC(=O)O)C1CCc2ccccc21. The van der Waals surface area contributed by atoms with Crippen LogP contribution in [0.1, 0.15) is 43.9 Å². The van der Waals surface area contributed by atoms with Crippen LogP contribution < -0.4 is 0 Å². The zero-order valence-corrected chi connectivity index (χ0v) is 11.1.